The highest BCUT2D eigenvalue weighted by molar-refractivity contribution is 5.92. The van der Waals surface area contributed by atoms with Gasteiger partial charge in [0.1, 0.15) is 5.69 Å². The lowest BCUT2D eigenvalue weighted by atomic mass is 10.00. The zero-order chi connectivity index (χ0) is 16.1. The van der Waals surface area contributed by atoms with Gasteiger partial charge in [-0.2, -0.15) is 0 Å². The van der Waals surface area contributed by atoms with Crippen molar-refractivity contribution in [3.8, 4) is 0 Å². The summed E-state index contributed by atoms with van der Waals surface area (Å²) in [6.45, 7) is 4.35. The Morgan fingerprint density at radius 2 is 2.09 bits per heavy atom. The first-order chi connectivity index (χ1) is 11.3. The van der Waals surface area contributed by atoms with Crippen LogP contribution in [0, 0.1) is 0 Å². The summed E-state index contributed by atoms with van der Waals surface area (Å²) in [5, 5.41) is 3.17. The third-order valence-corrected chi connectivity index (χ3v) is 4.11. The minimum Gasteiger partial charge on any atom is -0.354 e. The van der Waals surface area contributed by atoms with E-state index in [1.54, 1.807) is 12.3 Å². The summed E-state index contributed by atoms with van der Waals surface area (Å²) in [5.74, 6) is 0.502. The summed E-state index contributed by atoms with van der Waals surface area (Å²) >= 11 is 0. The Kier molecular flexibility index (Phi) is 4.86. The van der Waals surface area contributed by atoms with Crippen molar-refractivity contribution in [1.82, 2.24) is 14.9 Å². The lowest BCUT2D eigenvalue weighted by Gasteiger charge is -2.28. The Labute approximate surface area is 136 Å². The van der Waals surface area contributed by atoms with E-state index < -0.39 is 0 Å². The summed E-state index contributed by atoms with van der Waals surface area (Å²) in [5.41, 5.74) is 3.02. The molecule has 1 aliphatic rings. The van der Waals surface area contributed by atoms with Gasteiger partial charge in [0.15, 0.2) is 0 Å². The van der Waals surface area contributed by atoms with Crippen LogP contribution in [-0.4, -0.2) is 33.9 Å². The number of nitrogens with zero attached hydrogens (tertiary/aromatic N) is 3. The molecule has 3 rings (SSSR count). The molecule has 0 unspecified atom stereocenters. The van der Waals surface area contributed by atoms with Gasteiger partial charge >= 0.3 is 0 Å². The molecule has 120 valence electrons. The molecule has 1 N–H and O–H groups in total. The first kappa shape index (κ1) is 15.5. The number of hydrogen-bond acceptors (Lipinski definition) is 4. The molecule has 0 saturated carbocycles. The fraction of sp³-hybridized carbons (Fsp3) is 0.389. The van der Waals surface area contributed by atoms with Crippen LogP contribution in [0.5, 0.6) is 0 Å². The number of anilines is 1. The van der Waals surface area contributed by atoms with E-state index in [4.69, 9.17) is 0 Å². The molecule has 0 bridgehead atoms. The Morgan fingerprint density at radius 3 is 2.91 bits per heavy atom. The highest BCUT2D eigenvalue weighted by Gasteiger charge is 2.22. The highest BCUT2D eigenvalue weighted by atomic mass is 16.2. The number of aromatic nitrogens is 2. The number of amides is 1. The lowest BCUT2D eigenvalue weighted by Crippen LogP contribution is -2.36. The third kappa shape index (κ3) is 3.67. The monoisotopic (exact) mass is 310 g/mol. The molecule has 0 radical (unpaired) electrons. The molecule has 0 aliphatic carbocycles. The van der Waals surface area contributed by atoms with Crippen molar-refractivity contribution in [3.05, 3.63) is 53.3 Å². The van der Waals surface area contributed by atoms with Gasteiger partial charge in [-0.05, 0) is 30.0 Å². The predicted molar refractivity (Wildman–Crippen MR) is 90.3 cm³/mol. The van der Waals surface area contributed by atoms with Gasteiger partial charge in [-0.3, -0.25) is 4.79 Å². The second-order valence-electron chi connectivity index (χ2n) is 5.79. The number of fused-ring (bicyclic) bond motifs is 1. The Balaban J connectivity index is 1.70. The summed E-state index contributed by atoms with van der Waals surface area (Å²) in [6.07, 6.45) is 4.71. The Morgan fingerprint density at radius 1 is 1.26 bits per heavy atom. The molecule has 23 heavy (non-hydrogen) atoms. The van der Waals surface area contributed by atoms with Crippen LogP contribution in [-0.2, 0) is 13.0 Å². The van der Waals surface area contributed by atoms with Crippen molar-refractivity contribution in [2.24, 2.45) is 0 Å². The van der Waals surface area contributed by atoms with Crippen LogP contribution in [0.2, 0.25) is 0 Å². The predicted octanol–water partition coefficient (Wildman–Crippen LogP) is 2.89. The first-order valence-corrected chi connectivity index (χ1v) is 8.21. The largest absolute Gasteiger partial charge is 0.354 e. The molecule has 1 amide bonds. The molecule has 0 spiro atoms. The van der Waals surface area contributed by atoms with Gasteiger partial charge in [0.05, 0.1) is 0 Å². The van der Waals surface area contributed by atoms with Gasteiger partial charge in [-0.1, -0.05) is 37.6 Å². The van der Waals surface area contributed by atoms with Gasteiger partial charge in [0, 0.05) is 25.8 Å². The van der Waals surface area contributed by atoms with E-state index in [1.807, 2.05) is 11.0 Å². The molecule has 1 aliphatic heterocycles. The van der Waals surface area contributed by atoms with Crippen molar-refractivity contribution in [1.29, 1.82) is 0 Å². The van der Waals surface area contributed by atoms with Gasteiger partial charge in [0.2, 0.25) is 5.95 Å². The number of carbonyl (C=O) groups is 1. The lowest BCUT2D eigenvalue weighted by molar-refractivity contribution is 0.0728. The Hall–Kier alpha value is -2.43. The van der Waals surface area contributed by atoms with Crippen LogP contribution < -0.4 is 5.32 Å². The average molecular weight is 310 g/mol. The maximum atomic E-state index is 12.7. The number of rotatable bonds is 5. The quantitative estimate of drug-likeness (QED) is 0.863. The molecule has 0 fully saturated rings. The smallest absolute Gasteiger partial charge is 0.272 e. The van der Waals surface area contributed by atoms with E-state index in [1.165, 1.54) is 11.1 Å². The summed E-state index contributed by atoms with van der Waals surface area (Å²) in [6, 6.07) is 9.99. The van der Waals surface area contributed by atoms with E-state index in [9.17, 15) is 4.79 Å². The summed E-state index contributed by atoms with van der Waals surface area (Å²) < 4.78 is 0. The first-order valence-electron chi connectivity index (χ1n) is 8.21. The van der Waals surface area contributed by atoms with Crippen molar-refractivity contribution < 1.29 is 4.79 Å². The van der Waals surface area contributed by atoms with E-state index >= 15 is 0 Å². The van der Waals surface area contributed by atoms with Crippen LogP contribution >= 0.6 is 0 Å². The van der Waals surface area contributed by atoms with Crippen LogP contribution in [0.3, 0.4) is 0 Å². The van der Waals surface area contributed by atoms with Crippen molar-refractivity contribution >= 4 is 11.9 Å². The third-order valence-electron chi connectivity index (χ3n) is 4.11. The number of benzene rings is 1. The molecule has 2 aromatic rings. The van der Waals surface area contributed by atoms with Crippen LogP contribution in [0.4, 0.5) is 5.95 Å². The number of hydrogen-bond donors (Lipinski definition) is 1. The van der Waals surface area contributed by atoms with Gasteiger partial charge in [-0.15, -0.1) is 0 Å². The topological polar surface area (TPSA) is 58.1 Å². The fourth-order valence-corrected chi connectivity index (χ4v) is 2.77. The second-order valence-corrected chi connectivity index (χ2v) is 5.79. The van der Waals surface area contributed by atoms with Gasteiger partial charge < -0.3 is 10.2 Å². The molecule has 5 heteroatoms. The minimum absolute atomic E-state index is 0.0274. The fourth-order valence-electron chi connectivity index (χ4n) is 2.77. The maximum absolute atomic E-state index is 12.7. The normalized spacial score (nSPS) is 13.5. The average Bonchev–Trinajstić information content (AvgIpc) is 2.61. The van der Waals surface area contributed by atoms with Crippen LogP contribution in [0.1, 0.15) is 41.4 Å². The number of unbranched alkanes of at least 4 members (excludes halogenated alkanes) is 1. The van der Waals surface area contributed by atoms with E-state index in [0.29, 0.717) is 18.2 Å². The Bertz CT molecular complexity index is 686. The molecule has 2 heterocycles. The van der Waals surface area contributed by atoms with Crippen LogP contribution in [0.15, 0.2) is 36.5 Å². The van der Waals surface area contributed by atoms with Crippen molar-refractivity contribution in [2.75, 3.05) is 18.4 Å². The van der Waals surface area contributed by atoms with Crippen molar-refractivity contribution in [3.63, 3.8) is 0 Å². The van der Waals surface area contributed by atoms with Crippen molar-refractivity contribution in [2.45, 2.75) is 32.7 Å². The van der Waals surface area contributed by atoms with Crippen LogP contribution in [0.25, 0.3) is 0 Å². The molecular formula is C18H22N4O. The molecule has 1 aromatic heterocycles. The molecule has 5 nitrogen and oxygen atoms in total. The van der Waals surface area contributed by atoms with Gasteiger partial charge in [0.25, 0.3) is 5.91 Å². The molecule has 1 aromatic carbocycles. The zero-order valence-corrected chi connectivity index (χ0v) is 13.5. The maximum Gasteiger partial charge on any atom is 0.272 e. The zero-order valence-electron chi connectivity index (χ0n) is 13.5. The number of carbonyl (C=O) groups excluding carboxylic acids is 1. The summed E-state index contributed by atoms with van der Waals surface area (Å²) in [4.78, 5) is 23.1. The summed E-state index contributed by atoms with van der Waals surface area (Å²) in [7, 11) is 0. The van der Waals surface area contributed by atoms with E-state index in [2.05, 4.69) is 40.4 Å². The minimum atomic E-state index is -0.0274. The standard InChI is InChI=1S/C18H22N4O/c1-2-3-10-19-18-20-11-8-16(21-18)17(23)22-12-9-14-6-4-5-7-15(14)13-22/h4-8,11H,2-3,9-10,12-13H2,1H3,(H,19,20,21). The molecular weight excluding hydrogens is 288 g/mol. The van der Waals surface area contributed by atoms with Gasteiger partial charge in [-0.25, -0.2) is 9.97 Å². The highest BCUT2D eigenvalue weighted by Crippen LogP contribution is 2.20. The molecule has 0 saturated heterocycles. The SMILES string of the molecule is CCCCNc1nccc(C(=O)N2CCc3ccccc3C2)n1. The van der Waals surface area contributed by atoms with E-state index in [-0.39, 0.29) is 5.91 Å². The second kappa shape index (κ2) is 7.22. The molecule has 0 atom stereocenters. The van der Waals surface area contributed by atoms with E-state index in [0.717, 1.165) is 32.4 Å². The number of nitrogens with one attached hydrogen (secondary N) is 1.